The van der Waals surface area contributed by atoms with Crippen molar-refractivity contribution in [3.8, 4) is 0 Å². The topological polar surface area (TPSA) is 49.3 Å². The predicted octanol–water partition coefficient (Wildman–Crippen LogP) is 2.45. The second kappa shape index (κ2) is 4.12. The number of carboxylic acid groups (broad SMARTS) is 1. The number of benzene rings is 1. The number of halogens is 1. The molecule has 0 radical (unpaired) electrons. The Morgan fingerprint density at radius 3 is 3.12 bits per heavy atom. The van der Waals surface area contributed by atoms with Crippen LogP contribution >= 0.6 is 0 Å². The molecular formula is C12H14FNO2. The van der Waals surface area contributed by atoms with E-state index in [9.17, 15) is 9.18 Å². The molecule has 1 aliphatic rings. The first-order chi connectivity index (χ1) is 7.58. The van der Waals surface area contributed by atoms with Gasteiger partial charge in [-0.15, -0.1) is 0 Å². The maximum Gasteiger partial charge on any atom is 0.306 e. The molecule has 2 unspecified atom stereocenters. The summed E-state index contributed by atoms with van der Waals surface area (Å²) in [4.78, 5) is 10.8. The van der Waals surface area contributed by atoms with Gasteiger partial charge in [-0.05, 0) is 30.2 Å². The fourth-order valence-electron chi connectivity index (χ4n) is 2.11. The number of carboxylic acids is 1. The number of rotatable bonds is 3. The van der Waals surface area contributed by atoms with Crippen LogP contribution in [-0.2, 0) is 4.79 Å². The molecule has 1 aliphatic heterocycles. The average molecular weight is 223 g/mol. The van der Waals surface area contributed by atoms with Crippen molar-refractivity contribution >= 4 is 11.7 Å². The lowest BCUT2D eigenvalue weighted by Gasteiger charge is -2.13. The molecule has 0 amide bonds. The van der Waals surface area contributed by atoms with Gasteiger partial charge >= 0.3 is 5.97 Å². The zero-order valence-electron chi connectivity index (χ0n) is 9.03. The Morgan fingerprint density at radius 1 is 1.69 bits per heavy atom. The maximum absolute atomic E-state index is 13.1. The summed E-state index contributed by atoms with van der Waals surface area (Å²) in [5.74, 6) is -1.38. The van der Waals surface area contributed by atoms with Crippen molar-refractivity contribution in [2.75, 3.05) is 11.9 Å². The fourth-order valence-corrected chi connectivity index (χ4v) is 2.11. The highest BCUT2D eigenvalue weighted by atomic mass is 19.1. The number of carbonyl (C=O) groups is 1. The molecule has 3 nitrogen and oxygen atoms in total. The molecule has 2 atom stereocenters. The molecule has 1 heterocycles. The van der Waals surface area contributed by atoms with Crippen LogP contribution in [0.3, 0.4) is 0 Å². The van der Waals surface area contributed by atoms with Crippen LogP contribution in [0.2, 0.25) is 0 Å². The summed E-state index contributed by atoms with van der Waals surface area (Å²) in [7, 11) is 0. The predicted molar refractivity (Wildman–Crippen MR) is 59.0 cm³/mol. The van der Waals surface area contributed by atoms with Crippen molar-refractivity contribution in [3.05, 3.63) is 29.6 Å². The number of hydrogen-bond donors (Lipinski definition) is 2. The van der Waals surface area contributed by atoms with Gasteiger partial charge in [-0.1, -0.05) is 6.92 Å². The molecule has 0 spiro atoms. The quantitative estimate of drug-likeness (QED) is 0.827. The Morgan fingerprint density at radius 2 is 2.44 bits per heavy atom. The van der Waals surface area contributed by atoms with Crippen LogP contribution in [0.15, 0.2) is 18.2 Å². The van der Waals surface area contributed by atoms with Gasteiger partial charge in [0.1, 0.15) is 5.82 Å². The standard InChI is InChI=1S/C12H14FNO2/c1-7(12(15)16)4-8-6-14-11-3-2-9(13)5-10(8)11/h2-3,5,7-8,14H,4,6H2,1H3,(H,15,16). The van der Waals surface area contributed by atoms with Gasteiger partial charge in [0.15, 0.2) is 0 Å². The van der Waals surface area contributed by atoms with E-state index in [0.717, 1.165) is 11.3 Å². The van der Waals surface area contributed by atoms with E-state index in [4.69, 9.17) is 5.11 Å². The SMILES string of the molecule is CC(CC1CNc2ccc(F)cc21)C(=O)O. The third-order valence-electron chi connectivity index (χ3n) is 3.05. The second-order valence-electron chi connectivity index (χ2n) is 4.28. The van der Waals surface area contributed by atoms with Crippen molar-refractivity contribution in [1.82, 2.24) is 0 Å². The smallest absolute Gasteiger partial charge is 0.306 e. The van der Waals surface area contributed by atoms with Crippen molar-refractivity contribution in [2.24, 2.45) is 5.92 Å². The van der Waals surface area contributed by atoms with Crippen molar-refractivity contribution in [2.45, 2.75) is 19.3 Å². The monoisotopic (exact) mass is 223 g/mol. The Hall–Kier alpha value is -1.58. The van der Waals surface area contributed by atoms with Gasteiger partial charge in [-0.2, -0.15) is 0 Å². The molecule has 16 heavy (non-hydrogen) atoms. The highest BCUT2D eigenvalue weighted by Gasteiger charge is 2.26. The summed E-state index contributed by atoms with van der Waals surface area (Å²) in [6.07, 6.45) is 0.540. The molecule has 0 fully saturated rings. The Balaban J connectivity index is 2.17. The number of hydrogen-bond acceptors (Lipinski definition) is 2. The first kappa shape index (κ1) is 10.9. The lowest BCUT2D eigenvalue weighted by atomic mass is 9.91. The Bertz CT molecular complexity index is 419. The van der Waals surface area contributed by atoms with Crippen LogP contribution in [0.1, 0.15) is 24.8 Å². The van der Waals surface area contributed by atoms with Gasteiger partial charge in [0.2, 0.25) is 0 Å². The maximum atomic E-state index is 13.1. The molecule has 2 N–H and O–H groups in total. The molecule has 1 aromatic rings. The molecule has 0 bridgehead atoms. The van der Waals surface area contributed by atoms with E-state index in [1.54, 1.807) is 13.0 Å². The minimum Gasteiger partial charge on any atom is -0.481 e. The summed E-state index contributed by atoms with van der Waals surface area (Å²) in [5.41, 5.74) is 1.82. The van der Waals surface area contributed by atoms with E-state index in [-0.39, 0.29) is 11.7 Å². The van der Waals surface area contributed by atoms with E-state index in [0.29, 0.717) is 13.0 Å². The van der Waals surface area contributed by atoms with Gasteiger partial charge in [-0.25, -0.2) is 4.39 Å². The summed E-state index contributed by atoms with van der Waals surface area (Å²) < 4.78 is 13.1. The van der Waals surface area contributed by atoms with Crippen LogP contribution in [0, 0.1) is 11.7 Å². The van der Waals surface area contributed by atoms with Gasteiger partial charge in [0, 0.05) is 18.2 Å². The summed E-state index contributed by atoms with van der Waals surface area (Å²) >= 11 is 0. The van der Waals surface area contributed by atoms with Crippen LogP contribution in [0.25, 0.3) is 0 Å². The molecule has 0 aromatic heterocycles. The summed E-state index contributed by atoms with van der Waals surface area (Å²) in [6, 6.07) is 4.61. The average Bonchev–Trinajstić information content (AvgIpc) is 2.61. The number of nitrogens with one attached hydrogen (secondary N) is 1. The first-order valence-corrected chi connectivity index (χ1v) is 5.34. The summed E-state index contributed by atoms with van der Waals surface area (Å²) in [6.45, 7) is 2.37. The van der Waals surface area contributed by atoms with Gasteiger partial charge in [0.05, 0.1) is 5.92 Å². The Labute approximate surface area is 93.3 Å². The van der Waals surface area contributed by atoms with E-state index >= 15 is 0 Å². The summed E-state index contributed by atoms with van der Waals surface area (Å²) in [5, 5.41) is 12.0. The van der Waals surface area contributed by atoms with Gasteiger partial charge in [-0.3, -0.25) is 4.79 Å². The number of aliphatic carboxylic acids is 1. The van der Waals surface area contributed by atoms with Crippen molar-refractivity contribution in [1.29, 1.82) is 0 Å². The highest BCUT2D eigenvalue weighted by Crippen LogP contribution is 2.35. The normalized spacial score (nSPS) is 20.0. The van der Waals surface area contributed by atoms with Crippen LogP contribution < -0.4 is 5.32 Å². The van der Waals surface area contributed by atoms with E-state index < -0.39 is 11.9 Å². The molecule has 2 rings (SSSR count). The van der Waals surface area contributed by atoms with Crippen LogP contribution in [0.4, 0.5) is 10.1 Å². The van der Waals surface area contributed by atoms with Gasteiger partial charge < -0.3 is 10.4 Å². The minimum atomic E-state index is -0.801. The largest absolute Gasteiger partial charge is 0.481 e. The number of fused-ring (bicyclic) bond motifs is 1. The minimum absolute atomic E-state index is 0.0943. The Kier molecular flexibility index (Phi) is 2.81. The molecule has 0 saturated heterocycles. The van der Waals surface area contributed by atoms with Gasteiger partial charge in [0.25, 0.3) is 0 Å². The molecule has 0 saturated carbocycles. The number of anilines is 1. The third kappa shape index (κ3) is 2.01. The molecular weight excluding hydrogens is 209 g/mol. The second-order valence-corrected chi connectivity index (χ2v) is 4.28. The molecule has 86 valence electrons. The molecule has 0 aliphatic carbocycles. The lowest BCUT2D eigenvalue weighted by Crippen LogP contribution is -2.14. The van der Waals surface area contributed by atoms with E-state index in [1.165, 1.54) is 12.1 Å². The molecule has 1 aromatic carbocycles. The van der Waals surface area contributed by atoms with Crippen LogP contribution in [0.5, 0.6) is 0 Å². The first-order valence-electron chi connectivity index (χ1n) is 5.34. The molecule has 4 heteroatoms. The fraction of sp³-hybridized carbons (Fsp3) is 0.417. The third-order valence-corrected chi connectivity index (χ3v) is 3.05. The van der Waals surface area contributed by atoms with Crippen molar-refractivity contribution < 1.29 is 14.3 Å². The zero-order valence-corrected chi connectivity index (χ0v) is 9.03. The highest BCUT2D eigenvalue weighted by molar-refractivity contribution is 5.70. The van der Waals surface area contributed by atoms with E-state index in [2.05, 4.69) is 5.32 Å². The van der Waals surface area contributed by atoms with Crippen molar-refractivity contribution in [3.63, 3.8) is 0 Å². The lowest BCUT2D eigenvalue weighted by molar-refractivity contribution is -0.141. The van der Waals surface area contributed by atoms with E-state index in [1.807, 2.05) is 0 Å². The zero-order chi connectivity index (χ0) is 11.7. The van der Waals surface area contributed by atoms with Crippen LogP contribution in [-0.4, -0.2) is 17.6 Å².